The van der Waals surface area contributed by atoms with Crippen LogP contribution in [0.5, 0.6) is 0 Å². The van der Waals surface area contributed by atoms with Gasteiger partial charge in [-0.05, 0) is 74.9 Å². The Morgan fingerprint density at radius 3 is 2.34 bits per heavy atom. The molecule has 1 saturated heterocycles. The molecular weight excluding hydrogens is 570 g/mol. The van der Waals surface area contributed by atoms with Crippen LogP contribution in [0.1, 0.15) is 34.8 Å². The van der Waals surface area contributed by atoms with Crippen LogP contribution >= 0.6 is 23.2 Å². The van der Waals surface area contributed by atoms with E-state index in [4.69, 9.17) is 27.9 Å². The molecule has 0 aliphatic carbocycles. The second-order valence-corrected chi connectivity index (χ2v) is 11.0. The topological polar surface area (TPSA) is 85.6 Å². The lowest BCUT2D eigenvalue weighted by Gasteiger charge is -2.29. The smallest absolute Gasteiger partial charge is 0.334 e. The molecule has 1 N–H and O–H groups in total. The lowest BCUT2D eigenvalue weighted by Crippen LogP contribution is -2.43. The van der Waals surface area contributed by atoms with Crippen molar-refractivity contribution in [2.24, 2.45) is 0 Å². The van der Waals surface area contributed by atoms with Crippen molar-refractivity contribution in [2.75, 3.05) is 27.2 Å². The van der Waals surface area contributed by atoms with Crippen LogP contribution in [0.2, 0.25) is 10.0 Å². The van der Waals surface area contributed by atoms with Crippen LogP contribution < -0.4 is 11.0 Å². The number of para-hydroxylation sites is 1. The molecular formula is C30H29Cl2FN4O4. The van der Waals surface area contributed by atoms with Crippen LogP contribution in [0, 0.1) is 5.82 Å². The number of hydrogen-bond acceptors (Lipinski definition) is 5. The minimum atomic E-state index is -1.10. The number of aromatic nitrogens is 2. The summed E-state index contributed by atoms with van der Waals surface area (Å²) in [6.07, 6.45) is 1.79. The maximum atomic E-state index is 14.3. The molecule has 1 aliphatic heterocycles. The number of carbonyl (C=O) groups excluding carboxylic acids is 2. The molecule has 214 valence electrons. The highest BCUT2D eigenvalue weighted by Gasteiger charge is 2.27. The first-order valence-electron chi connectivity index (χ1n) is 13.2. The number of nitrogens with one attached hydrogen (secondary N) is 1. The molecule has 0 radical (unpaired) electrons. The number of rotatable bonds is 7. The number of halogens is 3. The molecule has 3 aromatic carbocycles. The van der Waals surface area contributed by atoms with Crippen molar-refractivity contribution in [1.82, 2.24) is 19.4 Å². The number of amides is 1. The summed E-state index contributed by atoms with van der Waals surface area (Å²) < 4.78 is 22.6. The summed E-state index contributed by atoms with van der Waals surface area (Å²) in [5.74, 6) is -2.33. The van der Waals surface area contributed by atoms with Crippen LogP contribution in [-0.2, 0) is 16.0 Å². The average Bonchev–Trinajstić information content (AvgIpc) is 3.26. The third kappa shape index (κ3) is 5.75. The van der Waals surface area contributed by atoms with Gasteiger partial charge in [0.15, 0.2) is 0 Å². The van der Waals surface area contributed by atoms with E-state index in [1.807, 2.05) is 16.7 Å². The van der Waals surface area contributed by atoms with Crippen molar-refractivity contribution in [3.63, 3.8) is 0 Å². The molecule has 1 amide bonds. The van der Waals surface area contributed by atoms with E-state index in [0.717, 1.165) is 37.5 Å². The Balaban J connectivity index is 1.44. The number of carbonyl (C=O) groups is 2. The van der Waals surface area contributed by atoms with Gasteiger partial charge >= 0.3 is 11.7 Å². The Morgan fingerprint density at radius 1 is 1.02 bits per heavy atom. The first kappa shape index (κ1) is 28.9. The molecule has 11 heteroatoms. The zero-order valence-corrected chi connectivity index (χ0v) is 24.1. The van der Waals surface area contributed by atoms with E-state index < -0.39 is 23.7 Å². The van der Waals surface area contributed by atoms with Gasteiger partial charge in [-0.1, -0.05) is 47.5 Å². The number of imidazole rings is 1. The Labute approximate surface area is 246 Å². The minimum absolute atomic E-state index is 0.0626. The van der Waals surface area contributed by atoms with Gasteiger partial charge in [0.05, 0.1) is 39.4 Å². The van der Waals surface area contributed by atoms with Gasteiger partial charge in [0.25, 0.3) is 5.91 Å². The van der Waals surface area contributed by atoms with Crippen LogP contribution in [0.25, 0.3) is 16.7 Å². The highest BCUT2D eigenvalue weighted by Crippen LogP contribution is 2.30. The maximum absolute atomic E-state index is 14.3. The fourth-order valence-electron chi connectivity index (χ4n) is 5.37. The molecule has 1 fully saturated rings. The monoisotopic (exact) mass is 598 g/mol. The molecule has 41 heavy (non-hydrogen) atoms. The standard InChI is InChI=1S/C30H29Cl2FN4O4/c1-35-15-13-20(14-16-35)36-25-8-4-6-22(32)27(25)37(30(36)40)19-11-9-18(10-12-19)17-24(29(39)41-2)34-28(38)26-21(31)5-3-7-23(26)33/h3-12,20,24H,13-17H2,1-2H3,(H,34,38)/t24-/m0/s1. The number of fused-ring (bicyclic) bond motifs is 1. The Bertz CT molecular complexity index is 1640. The molecule has 1 atom stereocenters. The molecule has 8 nitrogen and oxygen atoms in total. The Kier molecular flexibility index (Phi) is 8.49. The van der Waals surface area contributed by atoms with Crippen LogP contribution in [0.15, 0.2) is 65.5 Å². The Morgan fingerprint density at radius 2 is 1.68 bits per heavy atom. The molecule has 2 heterocycles. The molecule has 1 aromatic heterocycles. The SMILES string of the molecule is COC(=O)[C@H](Cc1ccc(-n2c(=O)n(C3CCN(C)CC3)c3cccc(Cl)c32)cc1)NC(=O)c1c(F)cccc1Cl. The summed E-state index contributed by atoms with van der Waals surface area (Å²) >= 11 is 12.6. The van der Waals surface area contributed by atoms with E-state index in [2.05, 4.69) is 17.3 Å². The van der Waals surface area contributed by atoms with Gasteiger partial charge in [0, 0.05) is 12.5 Å². The molecule has 0 spiro atoms. The van der Waals surface area contributed by atoms with Gasteiger partial charge in [-0.25, -0.2) is 14.0 Å². The van der Waals surface area contributed by atoms with Crippen LogP contribution in [0.4, 0.5) is 4.39 Å². The van der Waals surface area contributed by atoms with Gasteiger partial charge in [-0.2, -0.15) is 0 Å². The molecule has 0 bridgehead atoms. The summed E-state index contributed by atoms with van der Waals surface area (Å²) in [4.78, 5) is 41.4. The van der Waals surface area contributed by atoms with Crippen molar-refractivity contribution in [1.29, 1.82) is 0 Å². The zero-order chi connectivity index (χ0) is 29.3. The number of piperidine rings is 1. The van der Waals surface area contributed by atoms with Gasteiger partial charge in [0.1, 0.15) is 11.9 Å². The van der Waals surface area contributed by atoms with Crippen molar-refractivity contribution < 1.29 is 18.7 Å². The summed E-state index contributed by atoms with van der Waals surface area (Å²) in [5.41, 5.74) is 2.18. The van der Waals surface area contributed by atoms with Crippen LogP contribution in [-0.4, -0.2) is 59.2 Å². The maximum Gasteiger partial charge on any atom is 0.334 e. The number of methoxy groups -OCH3 is 1. The summed E-state index contributed by atoms with van der Waals surface area (Å²) in [7, 11) is 3.28. The number of hydrogen-bond donors (Lipinski definition) is 1. The van der Waals surface area contributed by atoms with E-state index in [1.165, 1.54) is 19.2 Å². The summed E-state index contributed by atoms with van der Waals surface area (Å²) in [6, 6.07) is 15.4. The molecule has 1 aliphatic rings. The highest BCUT2D eigenvalue weighted by atomic mass is 35.5. The summed E-state index contributed by atoms with van der Waals surface area (Å²) in [6.45, 7) is 1.81. The predicted molar refractivity (Wildman–Crippen MR) is 157 cm³/mol. The van der Waals surface area contributed by atoms with Crippen molar-refractivity contribution in [2.45, 2.75) is 31.3 Å². The largest absolute Gasteiger partial charge is 0.467 e. The summed E-state index contributed by atoms with van der Waals surface area (Å²) in [5, 5.41) is 2.92. The number of esters is 1. The van der Waals surface area contributed by atoms with Gasteiger partial charge in [0.2, 0.25) is 0 Å². The fraction of sp³-hybridized carbons (Fsp3) is 0.300. The molecule has 4 aromatic rings. The third-order valence-corrected chi connectivity index (χ3v) is 8.13. The number of ether oxygens (including phenoxy) is 1. The number of likely N-dealkylation sites (tertiary alicyclic amines) is 1. The first-order valence-corrected chi connectivity index (χ1v) is 14.0. The van der Waals surface area contributed by atoms with Crippen molar-refractivity contribution in [3.8, 4) is 5.69 Å². The predicted octanol–water partition coefficient (Wildman–Crippen LogP) is 5.02. The second-order valence-electron chi connectivity index (χ2n) is 10.1. The van der Waals surface area contributed by atoms with E-state index in [1.54, 1.807) is 34.9 Å². The van der Waals surface area contributed by atoms with E-state index >= 15 is 0 Å². The third-order valence-electron chi connectivity index (χ3n) is 7.51. The zero-order valence-electron chi connectivity index (χ0n) is 22.6. The number of nitrogens with zero attached hydrogens (tertiary/aromatic N) is 3. The van der Waals surface area contributed by atoms with E-state index in [0.29, 0.717) is 21.8 Å². The normalized spacial score (nSPS) is 15.1. The van der Waals surface area contributed by atoms with Crippen molar-refractivity contribution in [3.05, 3.63) is 98.1 Å². The lowest BCUT2D eigenvalue weighted by atomic mass is 10.0. The van der Waals surface area contributed by atoms with Gasteiger partial charge in [-0.15, -0.1) is 0 Å². The highest BCUT2D eigenvalue weighted by molar-refractivity contribution is 6.35. The second kappa shape index (κ2) is 12.1. The van der Waals surface area contributed by atoms with Crippen molar-refractivity contribution >= 4 is 46.1 Å². The van der Waals surface area contributed by atoms with Gasteiger partial charge < -0.3 is 15.0 Å². The molecule has 0 unspecified atom stereocenters. The number of benzene rings is 3. The molecule has 0 saturated carbocycles. The van der Waals surface area contributed by atoms with Crippen LogP contribution in [0.3, 0.4) is 0 Å². The first-order chi connectivity index (χ1) is 19.7. The lowest BCUT2D eigenvalue weighted by molar-refractivity contribution is -0.142. The quantitative estimate of drug-likeness (QED) is 0.302. The van der Waals surface area contributed by atoms with E-state index in [-0.39, 0.29) is 28.7 Å². The minimum Gasteiger partial charge on any atom is -0.467 e. The average molecular weight is 599 g/mol. The van der Waals surface area contributed by atoms with Gasteiger partial charge in [-0.3, -0.25) is 13.9 Å². The van der Waals surface area contributed by atoms with E-state index in [9.17, 15) is 18.8 Å². The Hall–Kier alpha value is -3.66. The fourth-order valence-corrected chi connectivity index (χ4v) is 5.87. The molecule has 5 rings (SSSR count).